The Morgan fingerprint density at radius 3 is 2.55 bits per heavy atom. The highest BCUT2D eigenvalue weighted by Gasteiger charge is 2.32. The fraction of sp³-hybridized carbons (Fsp3) is 0.481. The average Bonchev–Trinajstić information content (AvgIpc) is 2.91. The molecule has 1 N–H and O–H groups in total. The number of halogens is 1. The molecule has 0 heterocycles. The molecular formula is C27H32ClNO2. The third-order valence-electron chi connectivity index (χ3n) is 7.29. The van der Waals surface area contributed by atoms with E-state index in [2.05, 4.69) is 18.3 Å². The minimum Gasteiger partial charge on any atom is -0.326 e. The van der Waals surface area contributed by atoms with Crippen LogP contribution in [0.2, 0.25) is 5.02 Å². The topological polar surface area (TPSA) is 46.2 Å². The normalized spacial score (nSPS) is 23.7. The van der Waals surface area contributed by atoms with Crippen LogP contribution in [-0.2, 0) is 11.2 Å². The van der Waals surface area contributed by atoms with Crippen molar-refractivity contribution in [3.8, 4) is 0 Å². The van der Waals surface area contributed by atoms with Crippen LogP contribution in [0.25, 0.3) is 0 Å². The summed E-state index contributed by atoms with van der Waals surface area (Å²) in [5.74, 6) is 1.18. The number of rotatable bonds is 4. The molecule has 0 aliphatic heterocycles. The van der Waals surface area contributed by atoms with Gasteiger partial charge in [0, 0.05) is 28.1 Å². The van der Waals surface area contributed by atoms with Crippen LogP contribution in [-0.4, -0.2) is 11.7 Å². The highest BCUT2D eigenvalue weighted by molar-refractivity contribution is 6.31. The first-order chi connectivity index (χ1) is 14.9. The Kier molecular flexibility index (Phi) is 6.81. The Balaban J connectivity index is 1.32. The molecule has 2 aromatic carbocycles. The van der Waals surface area contributed by atoms with Crippen LogP contribution in [0, 0.1) is 31.6 Å². The highest BCUT2D eigenvalue weighted by atomic mass is 35.5. The molecule has 2 aliphatic rings. The van der Waals surface area contributed by atoms with Crippen molar-refractivity contribution < 1.29 is 9.59 Å². The lowest BCUT2D eigenvalue weighted by Gasteiger charge is -2.30. The molecule has 4 heteroatoms. The Morgan fingerprint density at radius 1 is 1.03 bits per heavy atom. The van der Waals surface area contributed by atoms with Crippen LogP contribution < -0.4 is 5.32 Å². The van der Waals surface area contributed by atoms with Crippen LogP contribution in [0.15, 0.2) is 36.4 Å². The van der Waals surface area contributed by atoms with E-state index in [1.807, 2.05) is 37.3 Å². The highest BCUT2D eigenvalue weighted by Crippen LogP contribution is 2.37. The molecule has 0 aromatic heterocycles. The summed E-state index contributed by atoms with van der Waals surface area (Å²) < 4.78 is 0. The molecule has 0 bridgehead atoms. The van der Waals surface area contributed by atoms with E-state index in [0.717, 1.165) is 68.2 Å². The van der Waals surface area contributed by atoms with Gasteiger partial charge in [0.05, 0.1) is 0 Å². The van der Waals surface area contributed by atoms with E-state index < -0.39 is 0 Å². The zero-order valence-electron chi connectivity index (χ0n) is 18.5. The molecule has 2 aliphatic carbocycles. The number of benzene rings is 2. The van der Waals surface area contributed by atoms with E-state index in [-0.39, 0.29) is 17.7 Å². The van der Waals surface area contributed by atoms with Crippen LogP contribution in [0.3, 0.4) is 0 Å². The van der Waals surface area contributed by atoms with Crippen molar-refractivity contribution in [2.75, 3.05) is 5.32 Å². The van der Waals surface area contributed by atoms with Gasteiger partial charge in [0.2, 0.25) is 5.91 Å². The van der Waals surface area contributed by atoms with Gasteiger partial charge in [-0.25, -0.2) is 0 Å². The van der Waals surface area contributed by atoms with Crippen molar-refractivity contribution in [1.29, 1.82) is 0 Å². The number of hydrogen-bond donors (Lipinski definition) is 1. The molecule has 4 rings (SSSR count). The fourth-order valence-corrected chi connectivity index (χ4v) is 5.51. The van der Waals surface area contributed by atoms with Gasteiger partial charge in [-0.3, -0.25) is 9.59 Å². The maximum Gasteiger partial charge on any atom is 0.227 e. The minimum absolute atomic E-state index is 0.0560. The van der Waals surface area contributed by atoms with E-state index in [1.165, 1.54) is 11.1 Å². The molecule has 1 unspecified atom stereocenters. The van der Waals surface area contributed by atoms with Crippen LogP contribution in [0.1, 0.15) is 72.0 Å². The Hall–Kier alpha value is -2.13. The summed E-state index contributed by atoms with van der Waals surface area (Å²) in [5.41, 5.74) is 5.23. The van der Waals surface area contributed by atoms with Gasteiger partial charge < -0.3 is 5.32 Å². The van der Waals surface area contributed by atoms with Gasteiger partial charge >= 0.3 is 0 Å². The second-order valence-electron chi connectivity index (χ2n) is 9.46. The largest absolute Gasteiger partial charge is 0.326 e. The molecule has 0 spiro atoms. The summed E-state index contributed by atoms with van der Waals surface area (Å²) in [6.45, 7) is 4.06. The summed E-state index contributed by atoms with van der Waals surface area (Å²) in [4.78, 5) is 25.9. The number of carbonyl (C=O) groups excluding carboxylic acids is 2. The number of carbonyl (C=O) groups is 2. The molecule has 1 atom stereocenters. The Labute approximate surface area is 190 Å². The van der Waals surface area contributed by atoms with Gasteiger partial charge in [0.15, 0.2) is 5.78 Å². The van der Waals surface area contributed by atoms with Crippen molar-refractivity contribution >= 4 is 29.0 Å². The smallest absolute Gasteiger partial charge is 0.227 e. The van der Waals surface area contributed by atoms with Crippen molar-refractivity contribution in [1.82, 2.24) is 0 Å². The summed E-state index contributed by atoms with van der Waals surface area (Å²) in [5, 5.41) is 3.77. The van der Waals surface area contributed by atoms with Crippen molar-refractivity contribution in [2.24, 2.45) is 17.8 Å². The minimum atomic E-state index is 0.0560. The van der Waals surface area contributed by atoms with Crippen molar-refractivity contribution in [3.05, 3.63) is 63.7 Å². The first-order valence-corrected chi connectivity index (χ1v) is 12.0. The Bertz CT molecular complexity index is 975. The predicted molar refractivity (Wildman–Crippen MR) is 127 cm³/mol. The van der Waals surface area contributed by atoms with E-state index in [4.69, 9.17) is 11.6 Å². The summed E-state index contributed by atoms with van der Waals surface area (Å²) in [7, 11) is 0. The van der Waals surface area contributed by atoms with Crippen molar-refractivity contribution in [2.45, 2.75) is 65.2 Å². The van der Waals surface area contributed by atoms with E-state index in [9.17, 15) is 9.59 Å². The van der Waals surface area contributed by atoms with E-state index in [1.54, 1.807) is 0 Å². The number of hydrogen-bond acceptors (Lipinski definition) is 2. The lowest BCUT2D eigenvalue weighted by Crippen LogP contribution is -2.28. The van der Waals surface area contributed by atoms with Gasteiger partial charge in [-0.1, -0.05) is 29.8 Å². The zero-order chi connectivity index (χ0) is 22.0. The first kappa shape index (κ1) is 22.1. The van der Waals surface area contributed by atoms with Gasteiger partial charge in [-0.05, 0) is 106 Å². The van der Waals surface area contributed by atoms with E-state index >= 15 is 0 Å². The maximum atomic E-state index is 13.2. The molecule has 164 valence electrons. The number of anilines is 1. The molecule has 31 heavy (non-hydrogen) atoms. The molecular weight excluding hydrogens is 406 g/mol. The third kappa shape index (κ3) is 5.03. The number of nitrogens with one attached hydrogen (secondary N) is 1. The number of Topliss-reactive ketones (excluding diaryl/α,β-unsaturated/α-hetero) is 1. The summed E-state index contributed by atoms with van der Waals surface area (Å²) >= 11 is 6.08. The monoisotopic (exact) mass is 437 g/mol. The number of fused-ring (bicyclic) bond motifs is 1. The molecule has 2 aromatic rings. The second-order valence-corrected chi connectivity index (χ2v) is 9.87. The average molecular weight is 438 g/mol. The molecule has 1 amide bonds. The van der Waals surface area contributed by atoms with E-state index in [0.29, 0.717) is 16.7 Å². The van der Waals surface area contributed by atoms with Gasteiger partial charge in [-0.15, -0.1) is 0 Å². The molecule has 0 radical (unpaired) electrons. The molecule has 1 saturated carbocycles. The Morgan fingerprint density at radius 2 is 1.81 bits per heavy atom. The van der Waals surface area contributed by atoms with Crippen LogP contribution in [0.5, 0.6) is 0 Å². The van der Waals surface area contributed by atoms with Crippen LogP contribution >= 0.6 is 11.6 Å². The first-order valence-electron chi connectivity index (χ1n) is 11.6. The number of amides is 1. The second kappa shape index (κ2) is 9.56. The zero-order valence-corrected chi connectivity index (χ0v) is 19.3. The SMILES string of the molecule is Cc1cc(NC(=O)C2CCC(CC3CCCc4c(C)cccc4C3=O)CC2)ccc1Cl. The van der Waals surface area contributed by atoms with Gasteiger partial charge in [0.1, 0.15) is 0 Å². The van der Waals surface area contributed by atoms with Gasteiger partial charge in [-0.2, -0.15) is 0 Å². The van der Waals surface area contributed by atoms with Crippen molar-refractivity contribution in [3.63, 3.8) is 0 Å². The van der Waals surface area contributed by atoms with Crippen LogP contribution in [0.4, 0.5) is 5.69 Å². The number of ketones is 1. The molecule has 1 fully saturated rings. The summed E-state index contributed by atoms with van der Waals surface area (Å²) in [6, 6.07) is 11.7. The number of aryl methyl sites for hydroxylation is 2. The van der Waals surface area contributed by atoms with Gasteiger partial charge in [0.25, 0.3) is 0 Å². The maximum absolute atomic E-state index is 13.2. The molecule has 0 saturated heterocycles. The summed E-state index contributed by atoms with van der Waals surface area (Å²) in [6.07, 6.45) is 7.93. The fourth-order valence-electron chi connectivity index (χ4n) is 5.40. The molecule has 3 nitrogen and oxygen atoms in total. The quantitative estimate of drug-likeness (QED) is 0.527. The lowest BCUT2D eigenvalue weighted by atomic mass is 9.76. The predicted octanol–water partition coefficient (Wildman–Crippen LogP) is 6.93. The lowest BCUT2D eigenvalue weighted by molar-refractivity contribution is -0.121. The standard InChI is InChI=1S/C27H32ClNO2/c1-17-5-3-8-24-23(17)7-4-6-21(26(24)30)16-19-9-11-20(12-10-19)27(31)29-22-13-14-25(28)18(2)15-22/h3,5,8,13-15,19-21H,4,6-7,9-12,16H2,1-2H3,(H,29,31). The third-order valence-corrected chi connectivity index (χ3v) is 7.71.